The quantitative estimate of drug-likeness (QED) is 0.299. The molecule has 0 N–H and O–H groups in total. The molecule has 27 heteroatoms. The molecule has 0 aromatic rings. The van der Waals surface area contributed by atoms with E-state index in [0.717, 1.165) is 0 Å². The van der Waals surface area contributed by atoms with Gasteiger partial charge in [-0.25, -0.2) is 16.8 Å². The monoisotopic (exact) mass is 772 g/mol. The van der Waals surface area contributed by atoms with Gasteiger partial charge >= 0.3 is 93.5 Å². The Morgan fingerprint density at radius 2 is 0.514 bits per heavy atom. The van der Waals surface area contributed by atoms with Gasteiger partial charge in [-0.1, -0.05) is 0 Å². The summed E-state index contributed by atoms with van der Waals surface area (Å²) in [5.41, 5.74) is 0. The van der Waals surface area contributed by atoms with Crippen molar-refractivity contribution in [3.05, 3.63) is 0 Å². The average molecular weight is 771 g/mol. The van der Waals surface area contributed by atoms with Crippen LogP contribution in [0.25, 0.3) is 0 Å². The molecular formula is C8F18O6S2Yb. The van der Waals surface area contributed by atoms with Crippen LogP contribution < -0.4 is 0 Å². The summed E-state index contributed by atoms with van der Waals surface area (Å²) in [5, 5.41) is -14.2. The van der Waals surface area contributed by atoms with Gasteiger partial charge in [0.05, 0.1) is 0 Å². The van der Waals surface area contributed by atoms with Crippen LogP contribution in [0, 0.1) is 46.9 Å². The van der Waals surface area contributed by atoms with E-state index >= 15 is 0 Å². The zero-order valence-electron chi connectivity index (χ0n) is 14.3. The Kier molecular flexibility index (Phi) is 11.7. The second kappa shape index (κ2) is 10.3. The van der Waals surface area contributed by atoms with Gasteiger partial charge in [0, 0.05) is 0 Å². The summed E-state index contributed by atoms with van der Waals surface area (Å²) < 4.78 is 271. The van der Waals surface area contributed by atoms with Crippen LogP contribution in [0.5, 0.6) is 0 Å². The van der Waals surface area contributed by atoms with Crippen molar-refractivity contribution in [3.8, 4) is 0 Å². The topological polar surface area (TPSA) is 114 Å². The first-order valence-electron chi connectivity index (χ1n) is 6.31. The fourth-order valence-electron chi connectivity index (χ4n) is 1.04. The van der Waals surface area contributed by atoms with Crippen LogP contribution in [-0.2, 0) is 20.2 Å². The normalized spacial score (nSPS) is 15.7. The smallest absolute Gasteiger partial charge is 0.743 e. The fraction of sp³-hybridized carbons (Fsp3) is 1.00. The second-order valence-corrected chi connectivity index (χ2v) is 8.08. The predicted octanol–water partition coefficient (Wildman–Crippen LogP) is 3.91. The first-order valence-corrected chi connectivity index (χ1v) is 9.13. The largest absolute Gasteiger partial charge is 2.00 e. The maximum atomic E-state index is 12.2. The van der Waals surface area contributed by atoms with Gasteiger partial charge in [-0.2, -0.15) is 79.0 Å². The van der Waals surface area contributed by atoms with Crippen LogP contribution in [0.4, 0.5) is 79.0 Å². The first-order chi connectivity index (χ1) is 14.0. The number of hydrogen-bond acceptors (Lipinski definition) is 6. The molecule has 220 valence electrons. The molecule has 0 aromatic carbocycles. The third-order valence-electron chi connectivity index (χ3n) is 2.86. The Bertz CT molecular complexity index is 870. The molecule has 0 saturated heterocycles. The van der Waals surface area contributed by atoms with E-state index in [1.54, 1.807) is 0 Å². The summed E-state index contributed by atoms with van der Waals surface area (Å²) in [5.74, 6) is -29.6. The summed E-state index contributed by atoms with van der Waals surface area (Å²) in [4.78, 5) is 0. The molecule has 0 aromatic heterocycles. The van der Waals surface area contributed by atoms with E-state index in [2.05, 4.69) is 0 Å². The zero-order valence-corrected chi connectivity index (χ0v) is 17.7. The minimum Gasteiger partial charge on any atom is -0.743 e. The van der Waals surface area contributed by atoms with Crippen LogP contribution >= 0.6 is 0 Å². The Balaban J connectivity index is -0.000000569. The third kappa shape index (κ3) is 6.75. The van der Waals surface area contributed by atoms with E-state index in [4.69, 9.17) is 0 Å². The van der Waals surface area contributed by atoms with Crippen LogP contribution in [0.15, 0.2) is 0 Å². The average Bonchev–Trinajstić information content (AvgIpc) is 2.50. The molecule has 0 amide bonds. The summed E-state index contributed by atoms with van der Waals surface area (Å²) in [6, 6.07) is 0. The van der Waals surface area contributed by atoms with Gasteiger partial charge in [0.15, 0.2) is 20.2 Å². The van der Waals surface area contributed by atoms with E-state index in [1.165, 1.54) is 0 Å². The molecule has 0 rings (SSSR count). The SMILES string of the molecule is O=S(=O)([O-])C(F)(F)C(F)(F)C(F)(F)C(F)(F)F.O=S(=O)([O-])C(F)(F)C(F)(F)C(F)(F)C(F)(F)F.[Yb+2]. The zero-order chi connectivity index (χ0) is 29.0. The van der Waals surface area contributed by atoms with Crippen molar-refractivity contribution in [2.24, 2.45) is 0 Å². The van der Waals surface area contributed by atoms with E-state index < -0.39 is 66.8 Å². The van der Waals surface area contributed by atoms with Gasteiger partial charge in [0.1, 0.15) is 0 Å². The summed E-state index contributed by atoms with van der Waals surface area (Å²) in [7, 11) is -14.8. The summed E-state index contributed by atoms with van der Waals surface area (Å²) >= 11 is 0. The molecule has 0 fully saturated rings. The van der Waals surface area contributed by atoms with Crippen molar-refractivity contribution in [3.63, 3.8) is 0 Å². The molecule has 0 aliphatic carbocycles. The maximum Gasteiger partial charge on any atom is 2.00 e. The molecule has 35 heavy (non-hydrogen) atoms. The van der Waals surface area contributed by atoms with Gasteiger partial charge < -0.3 is 9.11 Å². The molecule has 0 aliphatic heterocycles. The first kappa shape index (κ1) is 39.6. The molecule has 0 unspecified atom stereocenters. The van der Waals surface area contributed by atoms with Crippen LogP contribution in [-0.4, -0.2) is 72.5 Å². The van der Waals surface area contributed by atoms with E-state index in [1.807, 2.05) is 0 Å². The van der Waals surface area contributed by atoms with Gasteiger partial charge in [-0.15, -0.1) is 0 Å². The Morgan fingerprint density at radius 1 is 0.371 bits per heavy atom. The second-order valence-electron chi connectivity index (χ2n) is 5.23. The van der Waals surface area contributed by atoms with Gasteiger partial charge in [0.2, 0.25) is 0 Å². The predicted molar refractivity (Wildman–Crippen MR) is 61.2 cm³/mol. The van der Waals surface area contributed by atoms with Crippen molar-refractivity contribution in [1.29, 1.82) is 0 Å². The van der Waals surface area contributed by atoms with Crippen molar-refractivity contribution in [2.45, 2.75) is 46.6 Å². The van der Waals surface area contributed by atoms with Crippen LogP contribution in [0.2, 0.25) is 0 Å². The van der Waals surface area contributed by atoms with Gasteiger partial charge in [-0.05, 0) is 0 Å². The number of hydrogen-bond donors (Lipinski definition) is 0. The molecule has 0 radical (unpaired) electrons. The molecule has 6 nitrogen and oxygen atoms in total. The minimum atomic E-state index is -7.43. The van der Waals surface area contributed by atoms with Crippen LogP contribution in [0.3, 0.4) is 0 Å². The number of rotatable bonds is 6. The van der Waals surface area contributed by atoms with Crippen molar-refractivity contribution in [1.82, 2.24) is 0 Å². The number of halogens is 18. The number of alkyl halides is 18. The maximum absolute atomic E-state index is 12.2. The van der Waals surface area contributed by atoms with Gasteiger partial charge in [-0.3, -0.25) is 0 Å². The molecule has 0 atom stereocenters. The molecule has 0 heterocycles. The molecular weight excluding hydrogens is 771 g/mol. The minimum absolute atomic E-state index is 0. The van der Waals surface area contributed by atoms with E-state index in [9.17, 15) is 105 Å². The van der Waals surface area contributed by atoms with E-state index in [-0.39, 0.29) is 46.9 Å². The molecule has 0 saturated carbocycles. The Morgan fingerprint density at radius 3 is 0.600 bits per heavy atom. The Hall–Kier alpha value is 0.0795. The molecule has 0 aliphatic rings. The molecule has 0 bridgehead atoms. The van der Waals surface area contributed by atoms with Crippen molar-refractivity contribution >= 4 is 20.2 Å². The van der Waals surface area contributed by atoms with Crippen molar-refractivity contribution in [2.75, 3.05) is 0 Å². The van der Waals surface area contributed by atoms with Crippen molar-refractivity contribution < 1.29 is 152 Å². The van der Waals surface area contributed by atoms with Gasteiger partial charge in [0.25, 0.3) is 0 Å². The standard InChI is InChI=1S/2C4HF9O3S.Yb/c2*5-1(6,3(9,10)11)2(7,8)4(12,13)17(14,15)16;/h2*(H,14,15,16);/q;;+2/p-2. The van der Waals surface area contributed by atoms with Crippen LogP contribution in [0.1, 0.15) is 0 Å². The fourth-order valence-corrected chi connectivity index (χ4v) is 1.92. The molecule has 0 spiro atoms. The van der Waals surface area contributed by atoms with E-state index in [0.29, 0.717) is 0 Å². The Labute approximate surface area is 217 Å². The summed E-state index contributed by atoms with van der Waals surface area (Å²) in [6.45, 7) is 0. The third-order valence-corrected chi connectivity index (χ3v) is 4.63. The summed E-state index contributed by atoms with van der Waals surface area (Å²) in [6.07, 6.45) is -14.3.